The molecule has 0 aromatic heterocycles. The van der Waals surface area contributed by atoms with Crippen molar-refractivity contribution in [3.63, 3.8) is 0 Å². The van der Waals surface area contributed by atoms with Gasteiger partial charge in [-0.3, -0.25) is 5.32 Å². The zero-order valence-electron chi connectivity index (χ0n) is 25.0. The molecule has 0 saturated carbocycles. The predicted octanol–water partition coefficient (Wildman–Crippen LogP) is 6.11. The molecule has 9 heteroatoms. The summed E-state index contributed by atoms with van der Waals surface area (Å²) in [6.07, 6.45) is 10.1. The van der Waals surface area contributed by atoms with Crippen LogP contribution in [0.3, 0.4) is 0 Å². The van der Waals surface area contributed by atoms with E-state index in [1.807, 2.05) is 13.8 Å². The van der Waals surface area contributed by atoms with Crippen molar-refractivity contribution in [2.24, 2.45) is 0 Å². The molecule has 3 aliphatic rings. The summed E-state index contributed by atoms with van der Waals surface area (Å²) in [5, 5.41) is 2.82. The van der Waals surface area contributed by atoms with Gasteiger partial charge >= 0.3 is 6.09 Å². The largest absolute Gasteiger partial charge is 0.497 e. The van der Waals surface area contributed by atoms with E-state index in [9.17, 15) is 4.79 Å². The van der Waals surface area contributed by atoms with Crippen LogP contribution in [0.2, 0.25) is 0 Å². The minimum absolute atomic E-state index is 0.230. The van der Waals surface area contributed by atoms with Gasteiger partial charge in [0.2, 0.25) is 5.79 Å². The second-order valence-corrected chi connectivity index (χ2v) is 11.8. The third-order valence-corrected chi connectivity index (χ3v) is 7.94. The van der Waals surface area contributed by atoms with Crippen LogP contribution in [0.1, 0.15) is 85.0 Å². The summed E-state index contributed by atoms with van der Waals surface area (Å²) < 4.78 is 36.7. The number of nitrogens with one attached hydrogen (secondary N) is 1. The molecule has 9 nitrogen and oxygen atoms in total. The number of methoxy groups -OCH3 is 1. The van der Waals surface area contributed by atoms with Crippen LogP contribution in [-0.4, -0.2) is 80.8 Å². The number of anilines is 1. The number of ether oxygens (including phenoxy) is 6. The Hall–Kier alpha value is -1.91. The second kappa shape index (κ2) is 14.8. The maximum atomic E-state index is 13.0. The lowest BCUT2D eigenvalue weighted by Crippen LogP contribution is -2.46. The number of amides is 1. The van der Waals surface area contributed by atoms with E-state index in [1.54, 1.807) is 31.4 Å². The van der Waals surface area contributed by atoms with E-state index >= 15 is 0 Å². The molecule has 4 atom stereocenters. The number of hydrogen-bond acceptors (Lipinski definition) is 8. The number of rotatable bonds is 16. The molecule has 0 spiro atoms. The summed E-state index contributed by atoms with van der Waals surface area (Å²) in [5.41, 5.74) is 0.615. The van der Waals surface area contributed by atoms with E-state index in [4.69, 9.17) is 28.4 Å². The van der Waals surface area contributed by atoms with Gasteiger partial charge in [0.1, 0.15) is 18.5 Å². The van der Waals surface area contributed by atoms with Gasteiger partial charge in [-0.2, -0.15) is 0 Å². The Kier molecular flexibility index (Phi) is 11.5. The lowest BCUT2D eigenvalue weighted by molar-refractivity contribution is -0.278. The Bertz CT molecular complexity index is 905. The molecule has 1 amide bonds. The quantitative estimate of drug-likeness (QED) is 0.242. The molecular weight excluding hydrogens is 512 g/mol. The Morgan fingerprint density at radius 2 is 1.68 bits per heavy atom. The van der Waals surface area contributed by atoms with Gasteiger partial charge in [-0.25, -0.2) is 4.79 Å². The fraction of sp³-hybridized carbons (Fsp3) is 0.774. The summed E-state index contributed by atoms with van der Waals surface area (Å²) in [5.74, 6) is -1.30. The van der Waals surface area contributed by atoms with Crippen LogP contribution in [-0.2, 0) is 23.7 Å². The molecule has 3 aliphatic heterocycles. The van der Waals surface area contributed by atoms with Crippen molar-refractivity contribution in [2.75, 3.05) is 45.3 Å². The van der Waals surface area contributed by atoms with Gasteiger partial charge in [-0.05, 0) is 70.5 Å². The summed E-state index contributed by atoms with van der Waals surface area (Å²) in [4.78, 5) is 15.4. The molecule has 0 radical (unpaired) electrons. The van der Waals surface area contributed by atoms with Crippen LogP contribution in [0.25, 0.3) is 0 Å². The Morgan fingerprint density at radius 3 is 2.35 bits per heavy atom. The van der Waals surface area contributed by atoms with Gasteiger partial charge in [0.25, 0.3) is 0 Å². The van der Waals surface area contributed by atoms with E-state index in [0.717, 1.165) is 38.8 Å². The first-order valence-corrected chi connectivity index (χ1v) is 15.3. The molecule has 3 fully saturated rings. The molecule has 3 saturated heterocycles. The zero-order chi connectivity index (χ0) is 28.4. The van der Waals surface area contributed by atoms with E-state index < -0.39 is 36.0 Å². The minimum Gasteiger partial charge on any atom is -0.497 e. The van der Waals surface area contributed by atoms with Gasteiger partial charge in [-0.1, -0.05) is 51.9 Å². The average Bonchev–Trinajstić information content (AvgIpc) is 3.59. The number of unbranched alkanes of at least 4 members (excludes halogenated alkanes) is 7. The first kappa shape index (κ1) is 31.0. The summed E-state index contributed by atoms with van der Waals surface area (Å²) in [6, 6.07) is 7.12. The number of likely N-dealkylation sites (tertiary alicyclic amines) is 1. The number of nitrogens with zero attached hydrogens (tertiary/aromatic N) is 1. The maximum Gasteiger partial charge on any atom is 0.412 e. The Balaban J connectivity index is 1.36. The van der Waals surface area contributed by atoms with E-state index in [-0.39, 0.29) is 6.61 Å². The fourth-order valence-electron chi connectivity index (χ4n) is 5.96. The lowest BCUT2D eigenvalue weighted by atomic mass is 10.0. The third-order valence-electron chi connectivity index (χ3n) is 7.94. The molecule has 0 bridgehead atoms. The highest BCUT2D eigenvalue weighted by atomic mass is 16.9. The molecule has 40 heavy (non-hydrogen) atoms. The first-order valence-electron chi connectivity index (χ1n) is 15.3. The van der Waals surface area contributed by atoms with Crippen molar-refractivity contribution in [3.05, 3.63) is 24.3 Å². The second-order valence-electron chi connectivity index (χ2n) is 11.8. The van der Waals surface area contributed by atoms with Gasteiger partial charge in [0.05, 0.1) is 7.11 Å². The molecule has 1 N–H and O–H groups in total. The molecular formula is C31H50N2O7. The van der Waals surface area contributed by atoms with Crippen LogP contribution >= 0.6 is 0 Å². The first-order chi connectivity index (χ1) is 19.3. The summed E-state index contributed by atoms with van der Waals surface area (Å²) >= 11 is 0. The predicted molar refractivity (Wildman–Crippen MR) is 154 cm³/mol. The molecule has 226 valence electrons. The zero-order valence-corrected chi connectivity index (χ0v) is 25.0. The lowest BCUT2D eigenvalue weighted by Gasteiger charge is -2.30. The van der Waals surface area contributed by atoms with Crippen LogP contribution in [0.5, 0.6) is 5.75 Å². The van der Waals surface area contributed by atoms with E-state index in [0.29, 0.717) is 24.6 Å². The molecule has 3 heterocycles. The molecule has 0 unspecified atom stereocenters. The number of carbonyl (C=O) groups is 1. The van der Waals surface area contributed by atoms with Gasteiger partial charge < -0.3 is 33.3 Å². The van der Waals surface area contributed by atoms with E-state index in [2.05, 4.69) is 17.1 Å². The fourth-order valence-corrected chi connectivity index (χ4v) is 5.96. The standard InChI is InChI=1S/C31H50N2O7/c1-5-6-7-8-9-10-11-14-21-36-23-31-28(39-30(2,3)40-31)27(26(38-31)22-33-19-12-13-20-33)37-29(34)32-24-15-17-25(35-4)18-16-24/h15-18,26-28H,5-14,19-23H2,1-4H3,(H,32,34)/t26-,27+,28-,31-/m0/s1. The highest BCUT2D eigenvalue weighted by molar-refractivity contribution is 5.84. The van der Waals surface area contributed by atoms with Crippen molar-refractivity contribution >= 4 is 11.8 Å². The van der Waals surface area contributed by atoms with Gasteiger partial charge in [0.15, 0.2) is 18.0 Å². The smallest absolute Gasteiger partial charge is 0.412 e. The van der Waals surface area contributed by atoms with Crippen LogP contribution in [0.4, 0.5) is 10.5 Å². The normalized spacial score (nSPS) is 27.6. The van der Waals surface area contributed by atoms with Crippen molar-refractivity contribution in [3.8, 4) is 5.75 Å². The SMILES string of the molecule is CCCCCCCCCCOC[C@@]12O[C@@H](CN3CCCC3)[C@@H](OC(=O)Nc3ccc(OC)cc3)[C@@H]1OC(C)(C)O2. The number of carbonyl (C=O) groups excluding carboxylic acids is 1. The highest BCUT2D eigenvalue weighted by Crippen LogP contribution is 2.47. The summed E-state index contributed by atoms with van der Waals surface area (Å²) in [6.45, 7) is 9.48. The van der Waals surface area contributed by atoms with E-state index in [1.165, 1.54) is 38.5 Å². The molecule has 1 aromatic rings. The van der Waals surface area contributed by atoms with Crippen molar-refractivity contribution in [1.29, 1.82) is 0 Å². The molecule has 0 aliphatic carbocycles. The highest BCUT2D eigenvalue weighted by Gasteiger charge is 2.66. The monoisotopic (exact) mass is 562 g/mol. The number of fused-ring (bicyclic) bond motifs is 1. The van der Waals surface area contributed by atoms with Gasteiger partial charge in [-0.15, -0.1) is 0 Å². The number of hydrogen-bond donors (Lipinski definition) is 1. The average molecular weight is 563 g/mol. The van der Waals surface area contributed by atoms with Crippen molar-refractivity contribution < 1.29 is 33.2 Å². The third kappa shape index (κ3) is 8.55. The van der Waals surface area contributed by atoms with Crippen molar-refractivity contribution in [1.82, 2.24) is 4.90 Å². The summed E-state index contributed by atoms with van der Waals surface area (Å²) in [7, 11) is 1.61. The number of benzene rings is 1. The van der Waals surface area contributed by atoms with Crippen LogP contribution in [0, 0.1) is 0 Å². The molecule has 1 aromatic carbocycles. The molecule has 4 rings (SSSR count). The minimum atomic E-state index is -1.13. The van der Waals surface area contributed by atoms with Gasteiger partial charge in [0, 0.05) is 18.8 Å². The van der Waals surface area contributed by atoms with Crippen LogP contribution < -0.4 is 10.1 Å². The maximum absolute atomic E-state index is 13.0. The van der Waals surface area contributed by atoms with Crippen molar-refractivity contribution in [2.45, 2.75) is 115 Å². The Labute approximate surface area is 240 Å². The van der Waals surface area contributed by atoms with Crippen LogP contribution in [0.15, 0.2) is 24.3 Å². The Morgan fingerprint density at radius 1 is 1.00 bits per heavy atom. The topological polar surface area (TPSA) is 87.7 Å².